The van der Waals surface area contributed by atoms with Crippen molar-refractivity contribution in [1.82, 2.24) is 0 Å². The lowest BCUT2D eigenvalue weighted by Gasteiger charge is -2.15. The molecule has 0 spiro atoms. The van der Waals surface area contributed by atoms with Gasteiger partial charge in [0.2, 0.25) is 0 Å². The van der Waals surface area contributed by atoms with Crippen LogP contribution in [0.3, 0.4) is 0 Å². The molecule has 0 heterocycles. The number of benzene rings is 2. The van der Waals surface area contributed by atoms with Crippen molar-refractivity contribution in [2.75, 3.05) is 12.4 Å². The van der Waals surface area contributed by atoms with Gasteiger partial charge in [0.25, 0.3) is 5.91 Å². The monoisotopic (exact) mass is 323 g/mol. The average molecular weight is 324 g/mol. The lowest BCUT2D eigenvalue weighted by atomic mass is 10.2. The Labute approximate surface area is 132 Å². The van der Waals surface area contributed by atoms with E-state index in [9.17, 15) is 9.18 Å². The lowest BCUT2D eigenvalue weighted by molar-refractivity contribution is -0.122. The Morgan fingerprint density at radius 2 is 1.91 bits per heavy atom. The summed E-state index contributed by atoms with van der Waals surface area (Å²) in [6.45, 7) is 1.60. The molecule has 0 bridgehead atoms. The van der Waals surface area contributed by atoms with E-state index in [0.717, 1.165) is 0 Å². The molecule has 1 amide bonds. The zero-order valence-electron chi connectivity index (χ0n) is 12.1. The quantitative estimate of drug-likeness (QED) is 0.908. The average Bonchev–Trinajstić information content (AvgIpc) is 2.49. The van der Waals surface area contributed by atoms with Gasteiger partial charge in [0, 0.05) is 5.69 Å². The molecule has 2 aromatic rings. The molecule has 1 atom stereocenters. The van der Waals surface area contributed by atoms with Gasteiger partial charge in [-0.1, -0.05) is 11.6 Å². The Hall–Kier alpha value is -2.27. The molecule has 2 rings (SSSR count). The Morgan fingerprint density at radius 3 is 2.50 bits per heavy atom. The van der Waals surface area contributed by atoms with Crippen LogP contribution >= 0.6 is 11.6 Å². The minimum Gasteiger partial charge on any atom is -0.495 e. The maximum atomic E-state index is 12.8. The molecule has 22 heavy (non-hydrogen) atoms. The molecule has 1 N–H and O–H groups in total. The molecule has 0 aliphatic heterocycles. The number of hydrogen-bond donors (Lipinski definition) is 1. The Morgan fingerprint density at radius 1 is 1.23 bits per heavy atom. The summed E-state index contributed by atoms with van der Waals surface area (Å²) in [6, 6.07) is 10.4. The van der Waals surface area contributed by atoms with E-state index >= 15 is 0 Å². The minimum atomic E-state index is -0.744. The maximum Gasteiger partial charge on any atom is 0.265 e. The number of carbonyl (C=O) groups excluding carboxylic acids is 1. The van der Waals surface area contributed by atoms with Gasteiger partial charge in [0.1, 0.15) is 17.3 Å². The fourth-order valence-corrected chi connectivity index (χ4v) is 2.02. The smallest absolute Gasteiger partial charge is 0.265 e. The van der Waals surface area contributed by atoms with Crippen molar-refractivity contribution in [3.63, 3.8) is 0 Å². The second kappa shape index (κ2) is 7.13. The molecule has 0 saturated carbocycles. The van der Waals surface area contributed by atoms with Crippen LogP contribution in [0.15, 0.2) is 42.5 Å². The molecule has 0 aliphatic rings. The summed E-state index contributed by atoms with van der Waals surface area (Å²) in [7, 11) is 1.51. The van der Waals surface area contributed by atoms with E-state index in [0.29, 0.717) is 22.2 Å². The number of ether oxygens (including phenoxy) is 2. The van der Waals surface area contributed by atoms with Crippen LogP contribution in [0, 0.1) is 5.82 Å². The molecule has 4 nitrogen and oxygen atoms in total. The highest BCUT2D eigenvalue weighted by Gasteiger charge is 2.15. The zero-order chi connectivity index (χ0) is 16.1. The molecule has 0 fully saturated rings. The van der Waals surface area contributed by atoms with E-state index in [1.165, 1.54) is 31.4 Å². The van der Waals surface area contributed by atoms with Crippen LogP contribution in [0.25, 0.3) is 0 Å². The largest absolute Gasteiger partial charge is 0.495 e. The van der Waals surface area contributed by atoms with Crippen molar-refractivity contribution >= 4 is 23.2 Å². The summed E-state index contributed by atoms with van der Waals surface area (Å²) < 4.78 is 23.3. The summed E-state index contributed by atoms with van der Waals surface area (Å²) in [5.74, 6) is 0.231. The van der Waals surface area contributed by atoms with E-state index in [2.05, 4.69) is 5.32 Å². The van der Waals surface area contributed by atoms with E-state index < -0.39 is 6.10 Å². The molecule has 116 valence electrons. The first kappa shape index (κ1) is 16.1. The topological polar surface area (TPSA) is 47.6 Å². The van der Waals surface area contributed by atoms with Gasteiger partial charge in [-0.05, 0) is 49.4 Å². The second-order valence-electron chi connectivity index (χ2n) is 4.55. The zero-order valence-corrected chi connectivity index (χ0v) is 12.9. The molecule has 0 radical (unpaired) electrons. The minimum absolute atomic E-state index is 0.342. The fraction of sp³-hybridized carbons (Fsp3) is 0.188. The molecular formula is C16H15ClFNO3. The first-order valence-corrected chi connectivity index (χ1v) is 6.94. The SMILES string of the molecule is COc1ccc(NC(=O)[C@H](C)Oc2ccc(F)cc2)cc1Cl. The summed E-state index contributed by atoms with van der Waals surface area (Å²) in [4.78, 5) is 12.1. The highest BCUT2D eigenvalue weighted by Crippen LogP contribution is 2.27. The fourth-order valence-electron chi connectivity index (χ4n) is 1.76. The molecule has 0 aliphatic carbocycles. The Balaban J connectivity index is 1.99. The summed E-state index contributed by atoms with van der Waals surface area (Å²) in [5, 5.41) is 3.08. The number of nitrogens with one attached hydrogen (secondary N) is 1. The predicted octanol–water partition coefficient (Wildman–Crippen LogP) is 3.89. The predicted molar refractivity (Wildman–Crippen MR) is 83.1 cm³/mol. The van der Waals surface area contributed by atoms with Gasteiger partial charge < -0.3 is 14.8 Å². The highest BCUT2D eigenvalue weighted by molar-refractivity contribution is 6.32. The van der Waals surface area contributed by atoms with E-state index in [-0.39, 0.29) is 11.7 Å². The van der Waals surface area contributed by atoms with Gasteiger partial charge in [0.15, 0.2) is 6.10 Å². The lowest BCUT2D eigenvalue weighted by Crippen LogP contribution is -2.30. The number of amides is 1. The summed E-state index contributed by atoms with van der Waals surface area (Å²) >= 11 is 5.99. The number of hydrogen-bond acceptors (Lipinski definition) is 3. The van der Waals surface area contributed by atoms with Gasteiger partial charge in [-0.25, -0.2) is 4.39 Å². The number of rotatable bonds is 5. The van der Waals surface area contributed by atoms with Crippen LogP contribution in [0.1, 0.15) is 6.92 Å². The van der Waals surface area contributed by atoms with Gasteiger partial charge in [-0.2, -0.15) is 0 Å². The number of carbonyl (C=O) groups is 1. The summed E-state index contributed by atoms with van der Waals surface area (Å²) in [5.41, 5.74) is 0.533. The Bertz CT molecular complexity index is 661. The van der Waals surface area contributed by atoms with Crippen molar-refractivity contribution in [2.24, 2.45) is 0 Å². The first-order chi connectivity index (χ1) is 10.5. The van der Waals surface area contributed by atoms with Gasteiger partial charge in [0.05, 0.1) is 12.1 Å². The number of methoxy groups -OCH3 is 1. The van der Waals surface area contributed by atoms with Crippen molar-refractivity contribution < 1.29 is 18.7 Å². The van der Waals surface area contributed by atoms with Gasteiger partial charge in [-0.15, -0.1) is 0 Å². The third kappa shape index (κ3) is 4.11. The normalized spacial score (nSPS) is 11.6. The standard InChI is InChI=1S/C16H15ClFNO3/c1-10(22-13-6-3-11(18)4-7-13)16(20)19-12-5-8-15(21-2)14(17)9-12/h3-10H,1-2H3,(H,19,20)/t10-/m0/s1. The van der Waals surface area contributed by atoms with Gasteiger partial charge >= 0.3 is 0 Å². The van der Waals surface area contributed by atoms with Crippen molar-refractivity contribution in [3.8, 4) is 11.5 Å². The van der Waals surface area contributed by atoms with Gasteiger partial charge in [-0.3, -0.25) is 4.79 Å². The van der Waals surface area contributed by atoms with E-state index in [1.54, 1.807) is 25.1 Å². The molecule has 6 heteroatoms. The van der Waals surface area contributed by atoms with Crippen LogP contribution in [-0.2, 0) is 4.79 Å². The Kier molecular flexibility index (Phi) is 5.22. The molecule has 0 aromatic heterocycles. The molecular weight excluding hydrogens is 309 g/mol. The summed E-state index contributed by atoms with van der Waals surface area (Å²) in [6.07, 6.45) is -0.744. The maximum absolute atomic E-state index is 12.8. The molecule has 0 unspecified atom stereocenters. The molecule has 2 aromatic carbocycles. The van der Waals surface area contributed by atoms with Crippen molar-refractivity contribution in [3.05, 3.63) is 53.3 Å². The second-order valence-corrected chi connectivity index (χ2v) is 4.96. The van der Waals surface area contributed by atoms with Crippen molar-refractivity contribution in [2.45, 2.75) is 13.0 Å². The van der Waals surface area contributed by atoms with Crippen LogP contribution < -0.4 is 14.8 Å². The van der Waals surface area contributed by atoms with E-state index in [1.807, 2.05) is 0 Å². The number of anilines is 1. The van der Waals surface area contributed by atoms with Crippen LogP contribution in [-0.4, -0.2) is 19.1 Å². The highest BCUT2D eigenvalue weighted by atomic mass is 35.5. The van der Waals surface area contributed by atoms with Crippen LogP contribution in [0.2, 0.25) is 5.02 Å². The van der Waals surface area contributed by atoms with Crippen LogP contribution in [0.5, 0.6) is 11.5 Å². The van der Waals surface area contributed by atoms with Crippen LogP contribution in [0.4, 0.5) is 10.1 Å². The van der Waals surface area contributed by atoms with E-state index in [4.69, 9.17) is 21.1 Å². The number of halogens is 2. The third-order valence-electron chi connectivity index (χ3n) is 2.92. The van der Waals surface area contributed by atoms with Crippen molar-refractivity contribution in [1.29, 1.82) is 0 Å². The molecule has 0 saturated heterocycles. The third-order valence-corrected chi connectivity index (χ3v) is 3.21. The first-order valence-electron chi connectivity index (χ1n) is 6.56.